The lowest BCUT2D eigenvalue weighted by Crippen LogP contribution is -2.21. The van der Waals surface area contributed by atoms with Gasteiger partial charge >= 0.3 is 0 Å². The van der Waals surface area contributed by atoms with Crippen LogP contribution in [-0.2, 0) is 6.54 Å². The number of hydrogen-bond donors (Lipinski definition) is 1. The summed E-state index contributed by atoms with van der Waals surface area (Å²) in [5, 5.41) is 4.46. The second-order valence-electron chi connectivity index (χ2n) is 5.05. The summed E-state index contributed by atoms with van der Waals surface area (Å²) in [4.78, 5) is 5.66. The lowest BCUT2D eigenvalue weighted by Gasteiger charge is -2.11. The molecule has 106 valence electrons. The van der Waals surface area contributed by atoms with Gasteiger partial charge in [0.25, 0.3) is 0 Å². The lowest BCUT2D eigenvalue weighted by molar-refractivity contribution is 0.588. The third-order valence-corrected chi connectivity index (χ3v) is 4.47. The van der Waals surface area contributed by atoms with Crippen molar-refractivity contribution in [2.45, 2.75) is 43.3 Å². The van der Waals surface area contributed by atoms with E-state index in [1.807, 2.05) is 18.3 Å². The molecule has 0 spiro atoms. The van der Waals surface area contributed by atoms with Gasteiger partial charge in [0.1, 0.15) is 5.03 Å². The molecule has 2 aromatic rings. The van der Waals surface area contributed by atoms with Crippen molar-refractivity contribution in [1.82, 2.24) is 10.3 Å². The van der Waals surface area contributed by atoms with Gasteiger partial charge in [-0.1, -0.05) is 37.7 Å². The molecule has 0 bridgehead atoms. The molecular formula is C16H19BrN2S. The summed E-state index contributed by atoms with van der Waals surface area (Å²) in [5.41, 5.74) is 2.62. The predicted octanol–water partition coefficient (Wildman–Crippen LogP) is 4.80. The number of pyridine rings is 1. The highest BCUT2D eigenvalue weighted by Gasteiger charge is 2.04. The number of nitrogens with zero attached hydrogens (tertiary/aromatic N) is 1. The van der Waals surface area contributed by atoms with E-state index in [9.17, 15) is 0 Å². The number of nitrogens with one attached hydrogen (secondary N) is 1. The van der Waals surface area contributed by atoms with Gasteiger partial charge in [-0.25, -0.2) is 4.98 Å². The zero-order chi connectivity index (χ0) is 14.5. The summed E-state index contributed by atoms with van der Waals surface area (Å²) in [6.45, 7) is 7.40. The van der Waals surface area contributed by atoms with Gasteiger partial charge in [-0.05, 0) is 52.2 Å². The van der Waals surface area contributed by atoms with Gasteiger partial charge in [-0.15, -0.1) is 0 Å². The first-order valence-electron chi connectivity index (χ1n) is 6.67. The monoisotopic (exact) mass is 350 g/mol. The molecule has 20 heavy (non-hydrogen) atoms. The van der Waals surface area contributed by atoms with Gasteiger partial charge in [0.2, 0.25) is 0 Å². The maximum atomic E-state index is 4.40. The minimum Gasteiger partial charge on any atom is -0.310 e. The molecule has 4 heteroatoms. The first kappa shape index (κ1) is 15.5. The Kier molecular flexibility index (Phi) is 5.64. The van der Waals surface area contributed by atoms with Gasteiger partial charge in [0.05, 0.1) is 0 Å². The normalized spacial score (nSPS) is 11.1. The highest BCUT2D eigenvalue weighted by molar-refractivity contribution is 9.10. The fourth-order valence-electron chi connectivity index (χ4n) is 1.79. The second kappa shape index (κ2) is 7.25. The van der Waals surface area contributed by atoms with Crippen LogP contribution in [0.5, 0.6) is 0 Å². The number of rotatable bonds is 5. The molecule has 1 aromatic heterocycles. The predicted molar refractivity (Wildman–Crippen MR) is 89.2 cm³/mol. The summed E-state index contributed by atoms with van der Waals surface area (Å²) in [6.07, 6.45) is 1.83. The van der Waals surface area contributed by atoms with Crippen molar-refractivity contribution in [3.63, 3.8) is 0 Å². The number of halogens is 1. The zero-order valence-corrected chi connectivity index (χ0v) is 14.4. The summed E-state index contributed by atoms with van der Waals surface area (Å²) in [5.74, 6) is 0. The number of aryl methyl sites for hydroxylation is 1. The van der Waals surface area contributed by atoms with Crippen LogP contribution in [0.15, 0.2) is 50.9 Å². The average Bonchev–Trinajstić information content (AvgIpc) is 2.41. The molecule has 0 atom stereocenters. The fraction of sp³-hybridized carbons (Fsp3) is 0.312. The van der Waals surface area contributed by atoms with E-state index in [2.05, 4.69) is 65.2 Å². The summed E-state index contributed by atoms with van der Waals surface area (Å²) in [7, 11) is 0. The molecule has 1 N–H and O–H groups in total. The fourth-order valence-corrected chi connectivity index (χ4v) is 2.85. The topological polar surface area (TPSA) is 24.9 Å². The molecule has 0 radical (unpaired) electrons. The lowest BCUT2D eigenvalue weighted by atomic mass is 10.1. The molecule has 1 heterocycles. The van der Waals surface area contributed by atoms with Crippen molar-refractivity contribution in [1.29, 1.82) is 0 Å². The molecule has 0 amide bonds. The molecule has 0 saturated carbocycles. The third kappa shape index (κ3) is 4.62. The summed E-state index contributed by atoms with van der Waals surface area (Å²) in [6, 6.07) is 11.2. The second-order valence-corrected chi connectivity index (χ2v) is 7.03. The molecule has 2 nitrogen and oxygen atoms in total. The van der Waals surface area contributed by atoms with Crippen molar-refractivity contribution >= 4 is 27.7 Å². The molecule has 1 aromatic carbocycles. The van der Waals surface area contributed by atoms with Gasteiger partial charge in [0, 0.05) is 28.2 Å². The first-order valence-corrected chi connectivity index (χ1v) is 8.28. The average molecular weight is 351 g/mol. The Hall–Kier alpha value is -0.840. The SMILES string of the molecule is Cc1cc(CNC(C)C)ccc1Sc1ccc(Br)cn1. The maximum absolute atomic E-state index is 4.40. The molecule has 0 aliphatic carbocycles. The Bertz CT molecular complexity index is 567. The number of aromatic nitrogens is 1. The highest BCUT2D eigenvalue weighted by atomic mass is 79.9. The van der Waals surface area contributed by atoms with Crippen LogP contribution in [0.4, 0.5) is 0 Å². The standard InChI is InChI=1S/C16H19BrN2S/c1-11(2)18-9-13-4-6-15(12(3)8-13)20-16-7-5-14(17)10-19-16/h4-8,10-11,18H,9H2,1-3H3. The van der Waals surface area contributed by atoms with E-state index in [-0.39, 0.29) is 0 Å². The van der Waals surface area contributed by atoms with Crippen LogP contribution in [-0.4, -0.2) is 11.0 Å². The van der Waals surface area contributed by atoms with Gasteiger partial charge < -0.3 is 5.32 Å². The van der Waals surface area contributed by atoms with Crippen LogP contribution in [0.25, 0.3) is 0 Å². The Balaban J connectivity index is 2.07. The van der Waals surface area contributed by atoms with Crippen LogP contribution in [0.3, 0.4) is 0 Å². The van der Waals surface area contributed by atoms with Crippen LogP contribution in [0.2, 0.25) is 0 Å². The van der Waals surface area contributed by atoms with E-state index in [4.69, 9.17) is 0 Å². The molecular weight excluding hydrogens is 332 g/mol. The van der Waals surface area contributed by atoms with Crippen molar-refractivity contribution in [3.05, 3.63) is 52.1 Å². The maximum Gasteiger partial charge on any atom is 0.101 e. The zero-order valence-electron chi connectivity index (χ0n) is 12.0. The van der Waals surface area contributed by atoms with Crippen LogP contribution < -0.4 is 5.32 Å². The molecule has 0 fully saturated rings. The van der Waals surface area contributed by atoms with E-state index in [0.717, 1.165) is 16.0 Å². The highest BCUT2D eigenvalue weighted by Crippen LogP contribution is 2.29. The summed E-state index contributed by atoms with van der Waals surface area (Å²) >= 11 is 5.11. The number of benzene rings is 1. The van der Waals surface area contributed by atoms with Gasteiger partial charge in [0.15, 0.2) is 0 Å². The minimum absolute atomic E-state index is 0.510. The minimum atomic E-state index is 0.510. The molecule has 0 aliphatic heterocycles. The Morgan fingerprint density at radius 3 is 2.65 bits per heavy atom. The van der Waals surface area contributed by atoms with Crippen molar-refractivity contribution in [2.24, 2.45) is 0 Å². The summed E-state index contributed by atoms with van der Waals surface area (Å²) < 4.78 is 1.01. The molecule has 0 saturated heterocycles. The van der Waals surface area contributed by atoms with Gasteiger partial charge in [-0.2, -0.15) is 0 Å². The van der Waals surface area contributed by atoms with E-state index in [1.165, 1.54) is 16.0 Å². The Labute approximate surface area is 133 Å². The first-order chi connectivity index (χ1) is 9.54. The quantitative estimate of drug-likeness (QED) is 0.837. The molecule has 0 unspecified atom stereocenters. The Morgan fingerprint density at radius 2 is 2.05 bits per heavy atom. The van der Waals surface area contributed by atoms with E-state index in [1.54, 1.807) is 11.8 Å². The third-order valence-electron chi connectivity index (χ3n) is 2.87. The van der Waals surface area contributed by atoms with Crippen LogP contribution in [0, 0.1) is 6.92 Å². The van der Waals surface area contributed by atoms with Crippen molar-refractivity contribution in [2.75, 3.05) is 0 Å². The van der Waals surface area contributed by atoms with Crippen LogP contribution in [0.1, 0.15) is 25.0 Å². The number of hydrogen-bond acceptors (Lipinski definition) is 3. The van der Waals surface area contributed by atoms with Gasteiger partial charge in [-0.3, -0.25) is 0 Å². The molecule has 2 rings (SSSR count). The van der Waals surface area contributed by atoms with Crippen molar-refractivity contribution < 1.29 is 0 Å². The van der Waals surface area contributed by atoms with E-state index < -0.39 is 0 Å². The van der Waals surface area contributed by atoms with E-state index >= 15 is 0 Å². The smallest absolute Gasteiger partial charge is 0.101 e. The Morgan fingerprint density at radius 1 is 1.25 bits per heavy atom. The molecule has 0 aliphatic rings. The van der Waals surface area contributed by atoms with Crippen molar-refractivity contribution in [3.8, 4) is 0 Å². The largest absolute Gasteiger partial charge is 0.310 e. The van der Waals surface area contributed by atoms with Crippen LogP contribution >= 0.6 is 27.7 Å². The van der Waals surface area contributed by atoms with E-state index in [0.29, 0.717) is 6.04 Å².